The summed E-state index contributed by atoms with van der Waals surface area (Å²) in [5.41, 5.74) is 9.44. The third-order valence-electron chi connectivity index (χ3n) is 10.3. The van der Waals surface area contributed by atoms with Crippen LogP contribution in [-0.2, 0) is 59.8 Å². The zero-order valence-corrected chi connectivity index (χ0v) is 31.1. The highest BCUT2D eigenvalue weighted by atomic mass is 15.1. The van der Waals surface area contributed by atoms with Crippen molar-refractivity contribution >= 4 is 0 Å². The summed E-state index contributed by atoms with van der Waals surface area (Å²) in [7, 11) is 8.24. The zero-order valence-electron chi connectivity index (χ0n) is 31.1. The van der Waals surface area contributed by atoms with E-state index in [9.17, 15) is 0 Å². The molecule has 8 rings (SSSR count). The lowest BCUT2D eigenvalue weighted by Crippen LogP contribution is -2.31. The van der Waals surface area contributed by atoms with Crippen molar-refractivity contribution in [2.24, 2.45) is 28.2 Å². The largest absolute Gasteiger partial charge is 0.243 e. The molecule has 4 aromatic carbocycles. The number of imidazole rings is 4. The molecule has 53 heavy (non-hydrogen) atoms. The van der Waals surface area contributed by atoms with Gasteiger partial charge in [0.25, 0.3) is 0 Å². The molecule has 4 aromatic heterocycles. The third kappa shape index (κ3) is 7.26. The van der Waals surface area contributed by atoms with Crippen molar-refractivity contribution in [3.63, 3.8) is 0 Å². The highest BCUT2D eigenvalue weighted by Crippen LogP contribution is 2.45. The van der Waals surface area contributed by atoms with Crippen LogP contribution in [-0.4, -0.2) is 18.3 Å². The SMILES string of the molecule is C[n+]1ccn(Cc2ccc(C(c3ccc(Cn4cc[n+](C)c4)cc3)(c3ccc(Cn4cc[n+](C)c4)cc3)c3ccc(Cn4cc[n+](C)c4)cc3)cc2)c1. The first kappa shape index (κ1) is 33.8. The molecular formula is C45H48N8+4. The van der Waals surface area contributed by atoms with Crippen molar-refractivity contribution in [2.45, 2.75) is 31.6 Å². The lowest BCUT2D eigenvalue weighted by Gasteiger charge is -2.37. The molecule has 8 heteroatoms. The van der Waals surface area contributed by atoms with Gasteiger partial charge in [0.15, 0.2) is 0 Å². The Balaban J connectivity index is 1.25. The Bertz CT molecular complexity index is 2070. The van der Waals surface area contributed by atoms with Crippen LogP contribution in [0.25, 0.3) is 0 Å². The molecule has 8 aromatic rings. The fraction of sp³-hybridized carbons (Fsp3) is 0.200. The number of rotatable bonds is 12. The molecule has 0 fully saturated rings. The second-order valence-corrected chi connectivity index (χ2v) is 14.5. The molecule has 0 bridgehead atoms. The van der Waals surface area contributed by atoms with Gasteiger partial charge in [0, 0.05) is 0 Å². The Hall–Kier alpha value is -6.28. The Kier molecular flexibility index (Phi) is 9.19. The molecule has 4 heterocycles. The summed E-state index contributed by atoms with van der Waals surface area (Å²) >= 11 is 0. The van der Waals surface area contributed by atoms with Gasteiger partial charge in [-0.1, -0.05) is 97.1 Å². The molecule has 264 valence electrons. The van der Waals surface area contributed by atoms with E-state index >= 15 is 0 Å². The Morgan fingerprint density at radius 3 is 0.717 bits per heavy atom. The van der Waals surface area contributed by atoms with E-state index in [2.05, 4.69) is 237 Å². The van der Waals surface area contributed by atoms with Crippen LogP contribution in [0.5, 0.6) is 0 Å². The van der Waals surface area contributed by atoms with Gasteiger partial charge in [0.1, 0.15) is 75.8 Å². The highest BCUT2D eigenvalue weighted by Gasteiger charge is 2.38. The Labute approximate surface area is 312 Å². The van der Waals surface area contributed by atoms with Gasteiger partial charge in [-0.25, -0.2) is 36.5 Å². The van der Waals surface area contributed by atoms with Crippen LogP contribution in [0, 0.1) is 0 Å². The lowest BCUT2D eigenvalue weighted by molar-refractivity contribution is -0.671. The quantitative estimate of drug-likeness (QED) is 0.130. The van der Waals surface area contributed by atoms with Crippen LogP contribution < -0.4 is 18.3 Å². The predicted octanol–water partition coefficient (Wildman–Crippen LogP) is 4.77. The van der Waals surface area contributed by atoms with Gasteiger partial charge >= 0.3 is 0 Å². The van der Waals surface area contributed by atoms with E-state index < -0.39 is 5.41 Å². The normalized spacial score (nSPS) is 11.7. The minimum Gasteiger partial charge on any atom is -0.240 e. The summed E-state index contributed by atoms with van der Waals surface area (Å²) in [6.07, 6.45) is 25.3. The molecule has 0 saturated carbocycles. The van der Waals surface area contributed by atoms with Crippen LogP contribution >= 0.6 is 0 Å². The minimum absolute atomic E-state index is 0.562. The van der Waals surface area contributed by atoms with E-state index in [0.717, 1.165) is 26.2 Å². The molecule has 0 aliphatic heterocycles. The standard InChI is InChI=1S/C45H48N8/c1-46-21-25-50(33-46)29-37-5-13-41(14-6-37)45(42-15-7-38(8-16-42)30-51-26-22-47(2)34-51,43-17-9-39(10-18-43)31-52-27-23-48(3)35-52)44-19-11-40(12-20-44)32-53-28-24-49(4)36-53/h5-28,33-36H,29-32H2,1-4H3/q+4. The number of aryl methyl sites for hydroxylation is 4. The smallest absolute Gasteiger partial charge is 0.240 e. The van der Waals surface area contributed by atoms with Gasteiger partial charge in [-0.15, -0.1) is 0 Å². The molecule has 0 aliphatic rings. The second kappa shape index (κ2) is 14.4. The summed E-state index contributed by atoms with van der Waals surface area (Å²) in [5, 5.41) is 0. The van der Waals surface area contributed by atoms with Crippen molar-refractivity contribution < 1.29 is 18.3 Å². The average molecular weight is 701 g/mol. The highest BCUT2D eigenvalue weighted by molar-refractivity contribution is 5.60. The van der Waals surface area contributed by atoms with E-state index in [-0.39, 0.29) is 0 Å². The maximum absolute atomic E-state index is 2.34. The Morgan fingerprint density at radius 2 is 0.547 bits per heavy atom. The van der Waals surface area contributed by atoms with Crippen molar-refractivity contribution in [2.75, 3.05) is 0 Å². The molecule has 0 aliphatic carbocycles. The second-order valence-electron chi connectivity index (χ2n) is 14.5. The Morgan fingerprint density at radius 1 is 0.340 bits per heavy atom. The summed E-state index contributed by atoms with van der Waals surface area (Å²) < 4.78 is 17.2. The monoisotopic (exact) mass is 700 g/mol. The molecule has 8 nitrogen and oxygen atoms in total. The van der Waals surface area contributed by atoms with E-state index in [0.29, 0.717) is 0 Å². The predicted molar refractivity (Wildman–Crippen MR) is 204 cm³/mol. The van der Waals surface area contributed by atoms with Gasteiger partial charge in [-0.05, 0) is 44.5 Å². The molecule has 0 spiro atoms. The first-order valence-corrected chi connectivity index (χ1v) is 18.2. The number of hydrogen-bond donors (Lipinski definition) is 0. The molecule has 0 atom stereocenters. The lowest BCUT2D eigenvalue weighted by atomic mass is 9.65. The van der Waals surface area contributed by atoms with Crippen molar-refractivity contribution in [1.82, 2.24) is 18.3 Å². The third-order valence-corrected chi connectivity index (χ3v) is 10.3. The average Bonchev–Trinajstić information content (AvgIpc) is 3.98. The van der Waals surface area contributed by atoms with E-state index in [4.69, 9.17) is 0 Å². The number of benzene rings is 4. The van der Waals surface area contributed by atoms with Crippen LogP contribution in [0.1, 0.15) is 44.5 Å². The summed E-state index contributed by atoms with van der Waals surface area (Å²) in [6, 6.07) is 37.1. The topological polar surface area (TPSA) is 35.2 Å². The number of aromatic nitrogens is 8. The fourth-order valence-corrected chi connectivity index (χ4v) is 7.66. The van der Waals surface area contributed by atoms with E-state index in [1.54, 1.807) is 0 Å². The maximum Gasteiger partial charge on any atom is 0.243 e. The van der Waals surface area contributed by atoms with Crippen molar-refractivity contribution in [3.05, 3.63) is 216 Å². The van der Waals surface area contributed by atoms with Crippen LogP contribution in [0.2, 0.25) is 0 Å². The summed E-state index contributed by atoms with van der Waals surface area (Å²) in [6.45, 7) is 3.27. The van der Waals surface area contributed by atoms with E-state index in [1.807, 2.05) is 0 Å². The molecule has 0 N–H and O–H groups in total. The molecule has 0 amide bonds. The fourth-order valence-electron chi connectivity index (χ4n) is 7.66. The van der Waals surface area contributed by atoms with Crippen molar-refractivity contribution in [1.29, 1.82) is 0 Å². The zero-order chi connectivity index (χ0) is 36.4. The van der Waals surface area contributed by atoms with E-state index in [1.165, 1.54) is 44.5 Å². The molecular weight excluding hydrogens is 653 g/mol. The molecule has 0 radical (unpaired) electrons. The van der Waals surface area contributed by atoms with Gasteiger partial charge in [-0.2, -0.15) is 0 Å². The summed E-state index contributed by atoms with van der Waals surface area (Å²) in [4.78, 5) is 0. The first-order chi connectivity index (χ1) is 25.8. The van der Waals surface area contributed by atoms with Gasteiger partial charge < -0.3 is 0 Å². The van der Waals surface area contributed by atoms with Crippen LogP contribution in [0.3, 0.4) is 0 Å². The van der Waals surface area contributed by atoms with Crippen LogP contribution in [0.15, 0.2) is 172 Å². The van der Waals surface area contributed by atoms with Gasteiger partial charge in [-0.3, -0.25) is 0 Å². The van der Waals surface area contributed by atoms with Gasteiger partial charge in [0.2, 0.25) is 25.3 Å². The molecule has 0 unspecified atom stereocenters. The maximum atomic E-state index is 2.34. The van der Waals surface area contributed by atoms with Gasteiger partial charge in [0.05, 0.1) is 33.6 Å². The first-order valence-electron chi connectivity index (χ1n) is 18.2. The summed E-state index contributed by atoms with van der Waals surface area (Å²) in [5.74, 6) is 0. The number of nitrogens with zero attached hydrogens (tertiary/aromatic N) is 8. The minimum atomic E-state index is -0.562. The van der Waals surface area contributed by atoms with Crippen molar-refractivity contribution in [3.8, 4) is 0 Å². The van der Waals surface area contributed by atoms with Crippen LogP contribution in [0.4, 0.5) is 0 Å². The number of hydrogen-bond acceptors (Lipinski definition) is 0. The molecule has 0 saturated heterocycles.